The largest absolute Gasteiger partial charge is 0.323 e. The summed E-state index contributed by atoms with van der Waals surface area (Å²) in [5, 5.41) is 3.24. The number of hydrogen-bond acceptors (Lipinski definition) is 3. The summed E-state index contributed by atoms with van der Waals surface area (Å²) < 4.78 is 0. The Labute approximate surface area is 66.9 Å². The van der Waals surface area contributed by atoms with E-state index in [0.29, 0.717) is 11.2 Å². The van der Waals surface area contributed by atoms with E-state index in [4.69, 9.17) is 5.53 Å². The van der Waals surface area contributed by atoms with Crippen molar-refractivity contribution in [3.8, 4) is 0 Å². The van der Waals surface area contributed by atoms with Crippen LogP contribution in [-0.4, -0.2) is 9.97 Å². The molecule has 0 fully saturated rings. The van der Waals surface area contributed by atoms with E-state index in [2.05, 4.69) is 15.1 Å². The Balaban J connectivity index is 2.82. The average Bonchev–Trinajstić information content (AvgIpc) is 2.43. The standard InChI is InChI=1S/C7H6N4O/c8-11-4-1-2-5-6(3-4)10-7(12)9-5/h1-3,8H,(H2,9,10,12). The molecule has 60 valence electrons. The molecule has 2 aromatic rings. The van der Waals surface area contributed by atoms with Crippen LogP contribution in [0.3, 0.4) is 0 Å². The molecule has 3 N–H and O–H groups in total. The Bertz CT molecular complexity index is 481. The van der Waals surface area contributed by atoms with E-state index in [9.17, 15) is 4.79 Å². The van der Waals surface area contributed by atoms with Crippen LogP contribution in [0.15, 0.2) is 28.1 Å². The van der Waals surface area contributed by atoms with Crippen molar-refractivity contribution in [1.82, 2.24) is 9.97 Å². The summed E-state index contributed by atoms with van der Waals surface area (Å²) in [5.74, 6) is 0. The Hall–Kier alpha value is -1.91. The first kappa shape index (κ1) is 6.78. The highest BCUT2D eigenvalue weighted by molar-refractivity contribution is 5.77. The molecule has 1 aromatic heterocycles. The molecular weight excluding hydrogens is 156 g/mol. The number of nitrogens with zero attached hydrogens (tertiary/aromatic N) is 1. The van der Waals surface area contributed by atoms with Crippen molar-refractivity contribution in [1.29, 1.82) is 5.53 Å². The predicted molar refractivity (Wildman–Crippen MR) is 43.7 cm³/mol. The highest BCUT2D eigenvalue weighted by Crippen LogP contribution is 2.16. The Kier molecular flexibility index (Phi) is 1.30. The molecule has 0 radical (unpaired) electrons. The third kappa shape index (κ3) is 0.914. The van der Waals surface area contributed by atoms with Gasteiger partial charge in [0.1, 0.15) is 0 Å². The average molecular weight is 162 g/mol. The van der Waals surface area contributed by atoms with E-state index in [1.54, 1.807) is 18.2 Å². The monoisotopic (exact) mass is 162 g/mol. The number of H-pyrrole nitrogens is 2. The van der Waals surface area contributed by atoms with Crippen molar-refractivity contribution >= 4 is 16.7 Å². The molecule has 5 nitrogen and oxygen atoms in total. The first-order valence-electron chi connectivity index (χ1n) is 3.39. The van der Waals surface area contributed by atoms with Gasteiger partial charge in [-0.15, -0.1) is 0 Å². The van der Waals surface area contributed by atoms with Crippen molar-refractivity contribution in [2.75, 3.05) is 0 Å². The fourth-order valence-electron chi connectivity index (χ4n) is 1.09. The normalized spacial score (nSPS) is 10.3. The van der Waals surface area contributed by atoms with Crippen LogP contribution in [0.1, 0.15) is 0 Å². The van der Waals surface area contributed by atoms with Gasteiger partial charge in [-0.1, -0.05) is 0 Å². The number of imidazole rings is 1. The van der Waals surface area contributed by atoms with Gasteiger partial charge in [-0.3, -0.25) is 0 Å². The lowest BCUT2D eigenvalue weighted by Gasteiger charge is -1.89. The van der Waals surface area contributed by atoms with Crippen molar-refractivity contribution in [3.63, 3.8) is 0 Å². The molecular formula is C7H6N4O. The molecule has 0 saturated heterocycles. The molecule has 0 aliphatic heterocycles. The lowest BCUT2D eigenvalue weighted by Crippen LogP contribution is -1.99. The zero-order valence-corrected chi connectivity index (χ0v) is 6.09. The smallest absolute Gasteiger partial charge is 0.306 e. The Morgan fingerprint density at radius 2 is 2.00 bits per heavy atom. The van der Waals surface area contributed by atoms with Gasteiger partial charge in [0, 0.05) is 0 Å². The number of nitrogens with one attached hydrogen (secondary N) is 3. The molecule has 0 bridgehead atoms. The predicted octanol–water partition coefficient (Wildman–Crippen LogP) is 1.52. The van der Waals surface area contributed by atoms with Gasteiger partial charge in [-0.25, -0.2) is 10.3 Å². The zero-order chi connectivity index (χ0) is 8.55. The van der Waals surface area contributed by atoms with Gasteiger partial charge in [-0.2, -0.15) is 5.11 Å². The second-order valence-corrected chi connectivity index (χ2v) is 2.42. The van der Waals surface area contributed by atoms with Gasteiger partial charge in [0.05, 0.1) is 16.7 Å². The van der Waals surface area contributed by atoms with Gasteiger partial charge in [0.25, 0.3) is 0 Å². The second-order valence-electron chi connectivity index (χ2n) is 2.42. The summed E-state index contributed by atoms with van der Waals surface area (Å²) in [6.07, 6.45) is 0. The molecule has 0 aliphatic rings. The number of aromatic amines is 2. The molecule has 0 unspecified atom stereocenters. The van der Waals surface area contributed by atoms with Gasteiger partial charge < -0.3 is 9.97 Å². The van der Waals surface area contributed by atoms with E-state index in [0.717, 1.165) is 5.52 Å². The number of rotatable bonds is 1. The summed E-state index contributed by atoms with van der Waals surface area (Å²) in [5.41, 5.74) is 8.43. The van der Waals surface area contributed by atoms with Gasteiger partial charge in [0.2, 0.25) is 0 Å². The van der Waals surface area contributed by atoms with Crippen LogP contribution in [0.4, 0.5) is 5.69 Å². The fraction of sp³-hybridized carbons (Fsp3) is 0. The Morgan fingerprint density at radius 1 is 1.25 bits per heavy atom. The van der Waals surface area contributed by atoms with Crippen LogP contribution < -0.4 is 5.69 Å². The van der Waals surface area contributed by atoms with E-state index in [-0.39, 0.29) is 5.69 Å². The van der Waals surface area contributed by atoms with E-state index < -0.39 is 0 Å². The molecule has 1 aromatic carbocycles. The van der Waals surface area contributed by atoms with Crippen LogP contribution in [0.2, 0.25) is 0 Å². The summed E-state index contributed by atoms with van der Waals surface area (Å²) in [6.45, 7) is 0. The van der Waals surface area contributed by atoms with Crippen molar-refractivity contribution in [2.45, 2.75) is 0 Å². The highest BCUT2D eigenvalue weighted by Gasteiger charge is 1.97. The number of hydrogen-bond donors (Lipinski definition) is 3. The summed E-state index contributed by atoms with van der Waals surface area (Å²) >= 11 is 0. The van der Waals surface area contributed by atoms with E-state index in [1.807, 2.05) is 0 Å². The minimum Gasteiger partial charge on any atom is -0.306 e. The highest BCUT2D eigenvalue weighted by atomic mass is 16.1. The molecule has 12 heavy (non-hydrogen) atoms. The first-order chi connectivity index (χ1) is 5.79. The molecule has 0 spiro atoms. The molecule has 2 rings (SSSR count). The molecule has 5 heteroatoms. The van der Waals surface area contributed by atoms with Crippen LogP contribution in [-0.2, 0) is 0 Å². The number of fused-ring (bicyclic) bond motifs is 1. The van der Waals surface area contributed by atoms with Crippen molar-refractivity contribution < 1.29 is 0 Å². The third-order valence-electron chi connectivity index (χ3n) is 1.63. The van der Waals surface area contributed by atoms with Crippen LogP contribution in [0.5, 0.6) is 0 Å². The first-order valence-corrected chi connectivity index (χ1v) is 3.39. The van der Waals surface area contributed by atoms with Gasteiger partial charge >= 0.3 is 5.69 Å². The number of aromatic nitrogens is 2. The Morgan fingerprint density at radius 3 is 2.75 bits per heavy atom. The second kappa shape index (κ2) is 2.30. The summed E-state index contributed by atoms with van der Waals surface area (Å²) in [7, 11) is 0. The lowest BCUT2D eigenvalue weighted by atomic mass is 10.3. The van der Waals surface area contributed by atoms with Crippen LogP contribution in [0.25, 0.3) is 11.0 Å². The van der Waals surface area contributed by atoms with Gasteiger partial charge in [0.15, 0.2) is 0 Å². The molecule has 0 saturated carbocycles. The maximum Gasteiger partial charge on any atom is 0.323 e. The molecule has 1 heterocycles. The molecule has 0 aliphatic carbocycles. The molecule has 0 atom stereocenters. The van der Waals surface area contributed by atoms with E-state index in [1.165, 1.54) is 0 Å². The summed E-state index contributed by atoms with van der Waals surface area (Å²) in [4.78, 5) is 16.0. The van der Waals surface area contributed by atoms with Crippen molar-refractivity contribution in [3.05, 3.63) is 28.7 Å². The SMILES string of the molecule is N=Nc1ccc2[nH]c(=O)[nH]c2c1. The third-order valence-corrected chi connectivity index (χ3v) is 1.63. The summed E-state index contributed by atoms with van der Waals surface area (Å²) in [6, 6.07) is 5.01. The minimum absolute atomic E-state index is 0.243. The van der Waals surface area contributed by atoms with Crippen LogP contribution in [0, 0.1) is 5.53 Å². The zero-order valence-electron chi connectivity index (χ0n) is 6.09. The maximum atomic E-state index is 10.8. The quantitative estimate of drug-likeness (QED) is 0.545. The van der Waals surface area contributed by atoms with Gasteiger partial charge in [-0.05, 0) is 18.2 Å². The van der Waals surface area contributed by atoms with Crippen molar-refractivity contribution in [2.24, 2.45) is 5.11 Å². The van der Waals surface area contributed by atoms with E-state index >= 15 is 0 Å². The maximum absolute atomic E-state index is 10.8. The minimum atomic E-state index is -0.243. The fourth-order valence-corrected chi connectivity index (χ4v) is 1.09. The van der Waals surface area contributed by atoms with Crippen LogP contribution >= 0.6 is 0 Å². The molecule has 0 amide bonds. The topological polar surface area (TPSA) is 84.9 Å². The number of benzene rings is 1. The lowest BCUT2D eigenvalue weighted by molar-refractivity contribution is 1.15.